The summed E-state index contributed by atoms with van der Waals surface area (Å²) in [4.78, 5) is 14.0. The molecule has 24 heavy (non-hydrogen) atoms. The second-order valence-electron chi connectivity index (χ2n) is 5.93. The zero-order valence-corrected chi connectivity index (χ0v) is 15.0. The van der Waals surface area contributed by atoms with E-state index < -0.39 is 0 Å². The third-order valence-electron chi connectivity index (χ3n) is 4.09. The number of rotatable bonds is 6. The molecule has 1 atom stereocenters. The molecule has 1 heterocycles. The van der Waals surface area contributed by atoms with Gasteiger partial charge in [0.15, 0.2) is 0 Å². The average molecular weight is 330 g/mol. The van der Waals surface area contributed by atoms with Crippen molar-refractivity contribution in [3.05, 3.63) is 47.3 Å². The Morgan fingerprint density at radius 2 is 2.21 bits per heavy atom. The van der Waals surface area contributed by atoms with Crippen LogP contribution >= 0.6 is 0 Å². The van der Waals surface area contributed by atoms with Gasteiger partial charge in [0.05, 0.1) is 18.8 Å². The van der Waals surface area contributed by atoms with Crippen LogP contribution in [0.15, 0.2) is 30.6 Å². The maximum Gasteiger partial charge on any atom is 0.317 e. The van der Waals surface area contributed by atoms with Crippen LogP contribution < -0.4 is 10.1 Å². The van der Waals surface area contributed by atoms with E-state index >= 15 is 0 Å². The summed E-state index contributed by atoms with van der Waals surface area (Å²) in [6.07, 6.45) is 3.70. The minimum atomic E-state index is -0.113. The SMILES string of the molecule is CCOc1ccc(CNC(=O)N(C)C(C)c2cnn(C)c2)cc1C. The largest absolute Gasteiger partial charge is 0.494 e. The molecule has 2 amide bonds. The molecule has 1 aromatic carbocycles. The monoisotopic (exact) mass is 330 g/mol. The van der Waals surface area contributed by atoms with Crippen molar-refractivity contribution in [3.8, 4) is 5.75 Å². The molecular formula is C18H26N4O2. The molecule has 1 unspecified atom stereocenters. The number of hydrogen-bond donors (Lipinski definition) is 1. The van der Waals surface area contributed by atoms with Gasteiger partial charge in [-0.2, -0.15) is 5.10 Å². The van der Waals surface area contributed by atoms with Crippen molar-refractivity contribution < 1.29 is 9.53 Å². The maximum absolute atomic E-state index is 12.4. The van der Waals surface area contributed by atoms with Crippen LogP contribution in [0.1, 0.15) is 36.6 Å². The molecule has 0 aliphatic heterocycles. The zero-order chi connectivity index (χ0) is 17.7. The predicted molar refractivity (Wildman–Crippen MR) is 94.0 cm³/mol. The van der Waals surface area contributed by atoms with E-state index in [4.69, 9.17) is 4.74 Å². The standard InChI is InChI=1S/C18H26N4O2/c1-6-24-17-8-7-15(9-13(17)2)10-19-18(23)22(5)14(3)16-11-20-21(4)12-16/h7-9,11-12,14H,6,10H2,1-5H3,(H,19,23). The Hall–Kier alpha value is -2.50. The van der Waals surface area contributed by atoms with Gasteiger partial charge in [-0.1, -0.05) is 12.1 Å². The van der Waals surface area contributed by atoms with Gasteiger partial charge in [-0.3, -0.25) is 4.68 Å². The highest BCUT2D eigenvalue weighted by Crippen LogP contribution is 2.20. The van der Waals surface area contributed by atoms with Gasteiger partial charge in [-0.05, 0) is 38.0 Å². The minimum Gasteiger partial charge on any atom is -0.494 e. The van der Waals surface area contributed by atoms with Crippen LogP contribution in [0, 0.1) is 6.92 Å². The van der Waals surface area contributed by atoms with Crippen LogP contribution in [0.2, 0.25) is 0 Å². The van der Waals surface area contributed by atoms with Crippen molar-refractivity contribution in [2.45, 2.75) is 33.4 Å². The second-order valence-corrected chi connectivity index (χ2v) is 5.93. The van der Waals surface area contributed by atoms with Gasteiger partial charge in [0, 0.05) is 32.4 Å². The lowest BCUT2D eigenvalue weighted by Crippen LogP contribution is -2.38. The van der Waals surface area contributed by atoms with Crippen molar-refractivity contribution in [2.75, 3.05) is 13.7 Å². The van der Waals surface area contributed by atoms with E-state index in [0.717, 1.165) is 22.4 Å². The van der Waals surface area contributed by atoms with Crippen molar-refractivity contribution in [2.24, 2.45) is 7.05 Å². The molecule has 0 saturated carbocycles. The summed E-state index contributed by atoms with van der Waals surface area (Å²) in [6.45, 7) is 7.08. The molecular weight excluding hydrogens is 304 g/mol. The van der Waals surface area contributed by atoms with Gasteiger partial charge >= 0.3 is 6.03 Å². The molecule has 2 rings (SSSR count). The Kier molecular flexibility index (Phi) is 5.84. The number of ether oxygens (including phenoxy) is 1. The molecule has 0 aliphatic carbocycles. The van der Waals surface area contributed by atoms with Crippen molar-refractivity contribution in [3.63, 3.8) is 0 Å². The number of carbonyl (C=O) groups excluding carboxylic acids is 1. The normalized spacial score (nSPS) is 11.9. The maximum atomic E-state index is 12.4. The van der Waals surface area contributed by atoms with Crippen LogP contribution in [0.25, 0.3) is 0 Å². The van der Waals surface area contributed by atoms with E-state index in [1.807, 2.05) is 52.2 Å². The fourth-order valence-corrected chi connectivity index (χ4v) is 2.50. The molecule has 2 aromatic rings. The summed E-state index contributed by atoms with van der Waals surface area (Å²) in [6, 6.07) is 5.81. The molecule has 0 saturated heterocycles. The molecule has 0 radical (unpaired) electrons. The van der Waals surface area contributed by atoms with Crippen LogP contribution in [0.3, 0.4) is 0 Å². The van der Waals surface area contributed by atoms with Crippen LogP contribution in [-0.4, -0.2) is 34.4 Å². The summed E-state index contributed by atoms with van der Waals surface area (Å²) in [7, 11) is 3.65. The van der Waals surface area contributed by atoms with Gasteiger partial charge in [-0.15, -0.1) is 0 Å². The Labute approximate surface area is 143 Å². The van der Waals surface area contributed by atoms with Gasteiger partial charge in [0.25, 0.3) is 0 Å². The van der Waals surface area contributed by atoms with Crippen LogP contribution in [-0.2, 0) is 13.6 Å². The Bertz CT molecular complexity index is 696. The summed E-state index contributed by atoms with van der Waals surface area (Å²) in [5.41, 5.74) is 3.12. The lowest BCUT2D eigenvalue weighted by Gasteiger charge is -2.24. The fourth-order valence-electron chi connectivity index (χ4n) is 2.50. The van der Waals surface area contributed by atoms with Crippen molar-refractivity contribution in [1.82, 2.24) is 20.0 Å². The smallest absolute Gasteiger partial charge is 0.317 e. The summed E-state index contributed by atoms with van der Waals surface area (Å²) in [5.74, 6) is 0.884. The second kappa shape index (κ2) is 7.86. The number of aromatic nitrogens is 2. The van der Waals surface area contributed by atoms with Gasteiger partial charge < -0.3 is 15.0 Å². The van der Waals surface area contributed by atoms with Crippen molar-refractivity contribution >= 4 is 6.03 Å². The third-order valence-corrected chi connectivity index (χ3v) is 4.09. The number of benzene rings is 1. The van der Waals surface area contributed by atoms with Gasteiger partial charge in [0.2, 0.25) is 0 Å². The molecule has 1 aromatic heterocycles. The number of aryl methyl sites for hydroxylation is 2. The van der Waals surface area contributed by atoms with E-state index in [0.29, 0.717) is 13.2 Å². The van der Waals surface area contributed by atoms with Crippen LogP contribution in [0.4, 0.5) is 4.79 Å². The highest BCUT2D eigenvalue weighted by Gasteiger charge is 2.18. The molecule has 0 spiro atoms. The fraction of sp³-hybridized carbons (Fsp3) is 0.444. The number of amides is 2. The first-order valence-corrected chi connectivity index (χ1v) is 8.14. The number of nitrogens with one attached hydrogen (secondary N) is 1. The molecule has 0 bridgehead atoms. The number of nitrogens with zero attached hydrogens (tertiary/aromatic N) is 3. The lowest BCUT2D eigenvalue weighted by atomic mass is 10.1. The van der Waals surface area contributed by atoms with Gasteiger partial charge in [-0.25, -0.2) is 4.79 Å². The lowest BCUT2D eigenvalue weighted by molar-refractivity contribution is 0.194. The summed E-state index contributed by atoms with van der Waals surface area (Å²) in [5, 5.41) is 7.11. The molecule has 0 aliphatic rings. The first-order valence-electron chi connectivity index (χ1n) is 8.14. The molecule has 1 N–H and O–H groups in total. The van der Waals surface area contributed by atoms with Crippen LogP contribution in [0.5, 0.6) is 5.75 Å². The number of urea groups is 1. The minimum absolute atomic E-state index is 0.0410. The predicted octanol–water partition coefficient (Wildman–Crippen LogP) is 3.03. The first kappa shape index (κ1) is 17.8. The zero-order valence-electron chi connectivity index (χ0n) is 15.0. The quantitative estimate of drug-likeness (QED) is 0.885. The number of carbonyl (C=O) groups is 1. The van der Waals surface area contributed by atoms with E-state index in [9.17, 15) is 4.79 Å². The highest BCUT2D eigenvalue weighted by molar-refractivity contribution is 5.74. The Morgan fingerprint density at radius 1 is 1.46 bits per heavy atom. The van der Waals surface area contributed by atoms with E-state index in [1.54, 1.807) is 22.8 Å². The average Bonchev–Trinajstić information content (AvgIpc) is 3.00. The van der Waals surface area contributed by atoms with Crippen molar-refractivity contribution in [1.29, 1.82) is 0 Å². The topological polar surface area (TPSA) is 59.4 Å². The highest BCUT2D eigenvalue weighted by atomic mass is 16.5. The molecule has 130 valence electrons. The Morgan fingerprint density at radius 3 is 2.79 bits per heavy atom. The Balaban J connectivity index is 1.93. The summed E-state index contributed by atoms with van der Waals surface area (Å²) < 4.78 is 7.27. The van der Waals surface area contributed by atoms with E-state index in [-0.39, 0.29) is 12.1 Å². The summed E-state index contributed by atoms with van der Waals surface area (Å²) >= 11 is 0. The van der Waals surface area contributed by atoms with E-state index in [2.05, 4.69) is 10.4 Å². The van der Waals surface area contributed by atoms with E-state index in [1.165, 1.54) is 0 Å². The first-order chi connectivity index (χ1) is 11.4. The molecule has 0 fully saturated rings. The van der Waals surface area contributed by atoms with Gasteiger partial charge in [0.1, 0.15) is 5.75 Å². The molecule has 6 heteroatoms. The molecule has 6 nitrogen and oxygen atoms in total. The number of hydrogen-bond acceptors (Lipinski definition) is 3. The third kappa shape index (κ3) is 4.28.